The van der Waals surface area contributed by atoms with E-state index in [0.29, 0.717) is 17.2 Å². The normalized spacial score (nSPS) is 11.2. The first-order valence-corrected chi connectivity index (χ1v) is 11.3. The number of sulfonamides is 1. The van der Waals surface area contributed by atoms with Crippen LogP contribution in [0.3, 0.4) is 0 Å². The fourth-order valence-corrected chi connectivity index (χ4v) is 4.63. The molecule has 0 fully saturated rings. The van der Waals surface area contributed by atoms with Crippen molar-refractivity contribution in [3.63, 3.8) is 0 Å². The van der Waals surface area contributed by atoms with Crippen LogP contribution in [0.2, 0.25) is 0 Å². The summed E-state index contributed by atoms with van der Waals surface area (Å²) in [5.41, 5.74) is 0.961. The van der Waals surface area contributed by atoms with Crippen LogP contribution in [-0.2, 0) is 16.6 Å². The molecule has 0 unspecified atom stereocenters. The smallest absolute Gasteiger partial charge is 0.253 e. The Hall–Kier alpha value is -2.98. The molecule has 0 atom stereocenters. The average Bonchev–Trinajstić information content (AvgIpc) is 2.76. The summed E-state index contributed by atoms with van der Waals surface area (Å²) in [4.78, 5) is 14.4. The van der Waals surface area contributed by atoms with E-state index in [9.17, 15) is 13.2 Å². The summed E-state index contributed by atoms with van der Waals surface area (Å²) in [6.45, 7) is 3.66. The number of hydrogen-bond acceptors (Lipinski definition) is 7. The molecule has 0 aromatic heterocycles. The van der Waals surface area contributed by atoms with E-state index >= 15 is 0 Å². The van der Waals surface area contributed by atoms with E-state index in [2.05, 4.69) is 4.72 Å². The fraction of sp³-hybridized carbons (Fsp3) is 0.409. The lowest BCUT2D eigenvalue weighted by Crippen LogP contribution is -2.31. The lowest BCUT2D eigenvalue weighted by Gasteiger charge is -2.20. The molecule has 176 valence electrons. The molecule has 0 saturated heterocycles. The highest BCUT2D eigenvalue weighted by molar-refractivity contribution is 7.89. The Kier molecular flexibility index (Phi) is 8.34. The minimum absolute atomic E-state index is 0.0965. The van der Waals surface area contributed by atoms with Crippen molar-refractivity contribution in [3.05, 3.63) is 41.5 Å². The topological polar surface area (TPSA) is 103 Å². The van der Waals surface area contributed by atoms with Crippen molar-refractivity contribution in [1.29, 1.82) is 0 Å². The Morgan fingerprint density at radius 3 is 1.97 bits per heavy atom. The maximum Gasteiger partial charge on any atom is 0.253 e. The lowest BCUT2D eigenvalue weighted by atomic mass is 10.1. The van der Waals surface area contributed by atoms with Crippen LogP contribution in [0.4, 0.5) is 0 Å². The number of benzene rings is 2. The van der Waals surface area contributed by atoms with Gasteiger partial charge >= 0.3 is 0 Å². The zero-order valence-electron chi connectivity index (χ0n) is 19.4. The predicted octanol–water partition coefficient (Wildman–Crippen LogP) is 2.68. The number of rotatable bonds is 10. The monoisotopic (exact) mass is 466 g/mol. The summed E-state index contributed by atoms with van der Waals surface area (Å²) in [7, 11) is 3.68. The zero-order chi connectivity index (χ0) is 24.1. The van der Waals surface area contributed by atoms with Crippen LogP contribution in [0, 0.1) is 0 Å². The molecular formula is C22H30N2O7S. The Morgan fingerprint density at radius 1 is 0.938 bits per heavy atom. The predicted molar refractivity (Wildman–Crippen MR) is 120 cm³/mol. The van der Waals surface area contributed by atoms with Gasteiger partial charge in [-0.1, -0.05) is 0 Å². The summed E-state index contributed by atoms with van der Waals surface area (Å²) in [6, 6.07) is 7.50. The van der Waals surface area contributed by atoms with Crippen LogP contribution in [0.25, 0.3) is 0 Å². The molecule has 2 aromatic carbocycles. The van der Waals surface area contributed by atoms with E-state index in [0.717, 1.165) is 5.56 Å². The first kappa shape index (κ1) is 25.3. The fourth-order valence-electron chi connectivity index (χ4n) is 3.19. The standard InChI is InChI=1S/C22H30N2O7S/c1-14(2)23-32(26,27)20-12-16(8-9-17(20)28-4)22(25)24(3)13-15-10-18(29-5)21(31-7)19(11-15)30-6/h8-12,14,23H,13H2,1-7H3. The molecule has 1 N–H and O–H groups in total. The molecule has 1 amide bonds. The molecule has 0 heterocycles. The Balaban J connectivity index is 2.37. The van der Waals surface area contributed by atoms with Crippen molar-refractivity contribution < 1.29 is 32.2 Å². The van der Waals surface area contributed by atoms with Gasteiger partial charge in [0.1, 0.15) is 10.6 Å². The minimum Gasteiger partial charge on any atom is -0.495 e. The first-order valence-electron chi connectivity index (χ1n) is 9.82. The molecule has 0 aliphatic carbocycles. The van der Waals surface area contributed by atoms with E-state index in [4.69, 9.17) is 18.9 Å². The summed E-state index contributed by atoms with van der Waals surface area (Å²) >= 11 is 0. The van der Waals surface area contributed by atoms with Gasteiger partial charge in [0.2, 0.25) is 15.8 Å². The highest BCUT2D eigenvalue weighted by atomic mass is 32.2. The van der Waals surface area contributed by atoms with Crippen molar-refractivity contribution in [3.8, 4) is 23.0 Å². The average molecular weight is 467 g/mol. The van der Waals surface area contributed by atoms with E-state index in [-0.39, 0.29) is 34.7 Å². The molecule has 2 rings (SSSR count). The quantitative estimate of drug-likeness (QED) is 0.574. The number of nitrogens with zero attached hydrogens (tertiary/aromatic N) is 1. The molecule has 0 spiro atoms. The van der Waals surface area contributed by atoms with Gasteiger partial charge in [-0.15, -0.1) is 0 Å². The highest BCUT2D eigenvalue weighted by Crippen LogP contribution is 2.38. The molecule has 9 nitrogen and oxygen atoms in total. The maximum atomic E-state index is 13.1. The maximum absolute atomic E-state index is 13.1. The van der Waals surface area contributed by atoms with Gasteiger partial charge in [0.15, 0.2) is 11.5 Å². The zero-order valence-corrected chi connectivity index (χ0v) is 20.2. The molecule has 2 aromatic rings. The molecule has 0 bridgehead atoms. The lowest BCUT2D eigenvalue weighted by molar-refractivity contribution is 0.0784. The van der Waals surface area contributed by atoms with Crippen molar-refractivity contribution in [1.82, 2.24) is 9.62 Å². The van der Waals surface area contributed by atoms with Gasteiger partial charge in [0, 0.05) is 25.2 Å². The van der Waals surface area contributed by atoms with Gasteiger partial charge in [-0.2, -0.15) is 0 Å². The van der Waals surface area contributed by atoms with Crippen molar-refractivity contribution in [2.24, 2.45) is 0 Å². The van der Waals surface area contributed by atoms with E-state index in [1.54, 1.807) is 33.0 Å². The largest absolute Gasteiger partial charge is 0.495 e. The van der Waals surface area contributed by atoms with Crippen LogP contribution in [-0.4, -0.2) is 60.8 Å². The third-order valence-corrected chi connectivity index (χ3v) is 6.26. The number of carbonyl (C=O) groups excluding carboxylic acids is 1. The number of hydrogen-bond donors (Lipinski definition) is 1. The van der Waals surface area contributed by atoms with Gasteiger partial charge in [-0.3, -0.25) is 4.79 Å². The van der Waals surface area contributed by atoms with Gasteiger partial charge in [0.05, 0.1) is 28.4 Å². The molecule has 0 saturated carbocycles. The molecule has 0 aliphatic heterocycles. The summed E-state index contributed by atoms with van der Waals surface area (Å²) in [5.74, 6) is 1.19. The first-order chi connectivity index (χ1) is 15.1. The number of methoxy groups -OCH3 is 4. The van der Waals surface area contributed by atoms with E-state index in [1.165, 1.54) is 51.5 Å². The second-order valence-corrected chi connectivity index (χ2v) is 9.02. The van der Waals surface area contributed by atoms with Gasteiger partial charge < -0.3 is 23.8 Å². The third-order valence-electron chi connectivity index (χ3n) is 4.58. The number of ether oxygens (including phenoxy) is 4. The molecule has 0 radical (unpaired) electrons. The molecule has 0 aliphatic rings. The third kappa shape index (κ3) is 5.63. The highest BCUT2D eigenvalue weighted by Gasteiger charge is 2.24. The van der Waals surface area contributed by atoms with Gasteiger partial charge in [0.25, 0.3) is 5.91 Å². The van der Waals surface area contributed by atoms with Gasteiger partial charge in [-0.05, 0) is 49.7 Å². The van der Waals surface area contributed by atoms with Crippen LogP contribution < -0.4 is 23.7 Å². The van der Waals surface area contributed by atoms with E-state index in [1.807, 2.05) is 0 Å². The molecule has 32 heavy (non-hydrogen) atoms. The van der Waals surface area contributed by atoms with Crippen LogP contribution in [0.15, 0.2) is 35.2 Å². The number of carbonyl (C=O) groups is 1. The van der Waals surface area contributed by atoms with Crippen molar-refractivity contribution in [2.45, 2.75) is 31.3 Å². The Bertz CT molecular complexity index is 1040. The second-order valence-electron chi connectivity index (χ2n) is 7.34. The molecule has 10 heteroatoms. The summed E-state index contributed by atoms with van der Waals surface area (Å²) < 4.78 is 49.2. The second kappa shape index (κ2) is 10.6. The Labute approximate surface area is 189 Å². The van der Waals surface area contributed by atoms with E-state index < -0.39 is 10.0 Å². The molecular weight excluding hydrogens is 436 g/mol. The minimum atomic E-state index is -3.86. The van der Waals surface area contributed by atoms with Crippen molar-refractivity contribution in [2.75, 3.05) is 35.5 Å². The van der Waals surface area contributed by atoms with Crippen LogP contribution in [0.5, 0.6) is 23.0 Å². The SMILES string of the molecule is COc1ccc(C(=O)N(C)Cc2cc(OC)c(OC)c(OC)c2)cc1S(=O)(=O)NC(C)C. The Morgan fingerprint density at radius 2 is 1.50 bits per heavy atom. The number of nitrogens with one attached hydrogen (secondary N) is 1. The van der Waals surface area contributed by atoms with Crippen LogP contribution in [0.1, 0.15) is 29.8 Å². The van der Waals surface area contributed by atoms with Crippen LogP contribution >= 0.6 is 0 Å². The van der Waals surface area contributed by atoms with Crippen molar-refractivity contribution >= 4 is 15.9 Å². The number of amides is 1. The summed E-state index contributed by atoms with van der Waals surface area (Å²) in [6.07, 6.45) is 0. The van der Waals surface area contributed by atoms with Gasteiger partial charge in [-0.25, -0.2) is 13.1 Å². The summed E-state index contributed by atoms with van der Waals surface area (Å²) in [5, 5.41) is 0.